The molecule has 3 rings (SSSR count). The Morgan fingerprint density at radius 3 is 2.62 bits per heavy atom. The highest BCUT2D eigenvalue weighted by atomic mass is 16.5. The van der Waals surface area contributed by atoms with Crippen molar-refractivity contribution in [2.24, 2.45) is 0 Å². The van der Waals surface area contributed by atoms with E-state index < -0.39 is 5.97 Å². The van der Waals surface area contributed by atoms with Crippen molar-refractivity contribution >= 4 is 17.7 Å². The lowest BCUT2D eigenvalue weighted by Gasteiger charge is -2.26. The molecule has 7 nitrogen and oxygen atoms in total. The molecule has 0 aromatic carbocycles. The number of allylic oxidation sites excluding steroid dienone is 2. The molecule has 0 unspecified atom stereocenters. The molecule has 0 bridgehead atoms. The Labute approximate surface area is 169 Å². The van der Waals surface area contributed by atoms with Crippen molar-refractivity contribution in [3.05, 3.63) is 58.4 Å². The Morgan fingerprint density at radius 1 is 1.24 bits per heavy atom. The number of aromatic amines is 1. The summed E-state index contributed by atoms with van der Waals surface area (Å²) in [7, 11) is 0. The average Bonchev–Trinajstić information content (AvgIpc) is 3.32. The Morgan fingerprint density at radius 2 is 2.03 bits per heavy atom. The number of hydrogen-bond donors (Lipinski definition) is 1. The number of hydrogen-bond acceptors (Lipinski definition) is 5. The van der Waals surface area contributed by atoms with Gasteiger partial charge >= 0.3 is 5.97 Å². The number of esters is 1. The first-order valence-corrected chi connectivity index (χ1v) is 9.77. The molecule has 29 heavy (non-hydrogen) atoms. The van der Waals surface area contributed by atoms with Crippen molar-refractivity contribution in [3.63, 3.8) is 0 Å². The van der Waals surface area contributed by atoms with Gasteiger partial charge in [0.2, 0.25) is 0 Å². The van der Waals surface area contributed by atoms with Gasteiger partial charge in [0.15, 0.2) is 12.4 Å². The molecule has 1 aliphatic rings. The van der Waals surface area contributed by atoms with Gasteiger partial charge in [0.25, 0.3) is 5.91 Å². The van der Waals surface area contributed by atoms with Crippen LogP contribution in [0.3, 0.4) is 0 Å². The molecular weight excluding hydrogens is 372 g/mol. The number of nitrogens with zero attached hydrogens (tertiary/aromatic N) is 1. The SMILES string of the molecule is CC(=O)c1c(C)[nH]c(C(=O)OCC(=O)N(Cc2ccco2)C2=CCCCC2)c1C. The van der Waals surface area contributed by atoms with Crippen LogP contribution >= 0.6 is 0 Å². The van der Waals surface area contributed by atoms with E-state index in [-0.39, 0.29) is 24.0 Å². The first kappa shape index (κ1) is 20.6. The summed E-state index contributed by atoms with van der Waals surface area (Å²) >= 11 is 0. The molecule has 0 aliphatic heterocycles. The third kappa shape index (κ3) is 4.67. The van der Waals surface area contributed by atoms with Crippen molar-refractivity contribution < 1.29 is 23.5 Å². The summed E-state index contributed by atoms with van der Waals surface area (Å²) in [5, 5.41) is 0. The van der Waals surface area contributed by atoms with Crippen LogP contribution < -0.4 is 0 Å². The van der Waals surface area contributed by atoms with Crippen LogP contribution in [0.25, 0.3) is 0 Å². The molecule has 2 heterocycles. The van der Waals surface area contributed by atoms with E-state index >= 15 is 0 Å². The number of amides is 1. The lowest BCUT2D eigenvalue weighted by Crippen LogP contribution is -2.34. The second-order valence-corrected chi connectivity index (χ2v) is 7.26. The lowest BCUT2D eigenvalue weighted by atomic mass is 10.0. The van der Waals surface area contributed by atoms with Gasteiger partial charge in [-0.05, 0) is 64.2 Å². The van der Waals surface area contributed by atoms with Crippen LogP contribution in [0.2, 0.25) is 0 Å². The first-order chi connectivity index (χ1) is 13.9. The van der Waals surface area contributed by atoms with E-state index in [0.29, 0.717) is 29.1 Å². The third-order valence-corrected chi connectivity index (χ3v) is 5.13. The Bertz CT molecular complexity index is 937. The van der Waals surface area contributed by atoms with Crippen molar-refractivity contribution in [2.45, 2.75) is 53.0 Å². The number of furan rings is 1. The molecule has 1 amide bonds. The highest BCUT2D eigenvalue weighted by molar-refractivity contribution is 6.01. The van der Waals surface area contributed by atoms with Gasteiger partial charge in [0.1, 0.15) is 11.5 Å². The molecule has 2 aromatic rings. The van der Waals surface area contributed by atoms with E-state index in [2.05, 4.69) is 11.1 Å². The zero-order valence-corrected chi connectivity index (χ0v) is 17.0. The second kappa shape index (κ2) is 8.94. The van der Waals surface area contributed by atoms with Crippen molar-refractivity contribution in [3.8, 4) is 0 Å². The minimum absolute atomic E-state index is 0.125. The maximum atomic E-state index is 12.9. The van der Waals surface area contributed by atoms with E-state index in [0.717, 1.165) is 31.4 Å². The van der Waals surface area contributed by atoms with Crippen LogP contribution in [0.1, 0.15) is 70.5 Å². The number of aryl methyl sites for hydroxylation is 1. The molecule has 0 atom stereocenters. The van der Waals surface area contributed by atoms with Gasteiger partial charge in [-0.2, -0.15) is 0 Å². The second-order valence-electron chi connectivity index (χ2n) is 7.26. The van der Waals surface area contributed by atoms with E-state index in [9.17, 15) is 14.4 Å². The lowest BCUT2D eigenvalue weighted by molar-refractivity contribution is -0.133. The number of aromatic nitrogens is 1. The summed E-state index contributed by atoms with van der Waals surface area (Å²) in [6, 6.07) is 3.58. The highest BCUT2D eigenvalue weighted by Gasteiger charge is 2.25. The summed E-state index contributed by atoms with van der Waals surface area (Å²) in [6.07, 6.45) is 7.47. The Balaban J connectivity index is 1.71. The van der Waals surface area contributed by atoms with E-state index in [1.165, 1.54) is 6.92 Å². The van der Waals surface area contributed by atoms with Crippen molar-refractivity contribution in [1.82, 2.24) is 9.88 Å². The highest BCUT2D eigenvalue weighted by Crippen LogP contribution is 2.24. The van der Waals surface area contributed by atoms with Crippen LogP contribution in [0.15, 0.2) is 34.6 Å². The van der Waals surface area contributed by atoms with Gasteiger partial charge < -0.3 is 19.0 Å². The van der Waals surface area contributed by atoms with Gasteiger partial charge in [-0.1, -0.05) is 6.08 Å². The van der Waals surface area contributed by atoms with Crippen LogP contribution in [0, 0.1) is 13.8 Å². The topological polar surface area (TPSA) is 92.6 Å². The summed E-state index contributed by atoms with van der Waals surface area (Å²) < 4.78 is 10.7. The van der Waals surface area contributed by atoms with Gasteiger partial charge in [0, 0.05) is 17.0 Å². The minimum atomic E-state index is -0.651. The average molecular weight is 398 g/mol. The number of Topliss-reactive ketones (excluding diaryl/α,β-unsaturated/α-hetero) is 1. The molecule has 2 aromatic heterocycles. The number of nitrogens with one attached hydrogen (secondary N) is 1. The standard InChI is InChI=1S/C22H26N2O5/c1-14-20(16(3)25)15(2)23-21(14)22(27)29-13-19(26)24(12-18-10-7-11-28-18)17-8-5-4-6-9-17/h7-8,10-11,23H,4-6,9,12-13H2,1-3H3. The molecular formula is C22H26N2O5. The Hall–Kier alpha value is -3.09. The summed E-state index contributed by atoms with van der Waals surface area (Å²) in [5.74, 6) is -0.420. The van der Waals surface area contributed by atoms with Crippen molar-refractivity contribution in [1.29, 1.82) is 0 Å². The number of carbonyl (C=O) groups is 3. The largest absolute Gasteiger partial charge is 0.467 e. The van der Waals surface area contributed by atoms with Crippen molar-refractivity contribution in [2.75, 3.05) is 6.61 Å². The summed E-state index contributed by atoms with van der Waals surface area (Å²) in [6.45, 7) is 4.78. The fraction of sp³-hybridized carbons (Fsp3) is 0.409. The fourth-order valence-electron chi connectivity index (χ4n) is 3.73. The number of ether oxygens (including phenoxy) is 1. The van der Waals surface area contributed by atoms with Crippen LogP contribution in [0.5, 0.6) is 0 Å². The normalized spacial score (nSPS) is 13.7. The Kier molecular flexibility index (Phi) is 6.36. The molecule has 0 spiro atoms. The maximum Gasteiger partial charge on any atom is 0.355 e. The quantitative estimate of drug-likeness (QED) is 0.561. The van der Waals surface area contributed by atoms with E-state index in [1.54, 1.807) is 31.1 Å². The smallest absolute Gasteiger partial charge is 0.355 e. The van der Waals surface area contributed by atoms with Crippen LogP contribution in [-0.4, -0.2) is 34.2 Å². The molecule has 1 N–H and O–H groups in total. The molecule has 0 saturated heterocycles. The number of rotatable bonds is 7. The van der Waals surface area contributed by atoms with Crippen LogP contribution in [-0.2, 0) is 16.1 Å². The molecule has 154 valence electrons. The summed E-state index contributed by atoms with van der Waals surface area (Å²) in [5.41, 5.74) is 2.76. The molecule has 1 aliphatic carbocycles. The summed E-state index contributed by atoms with van der Waals surface area (Å²) in [4.78, 5) is 41.7. The zero-order valence-electron chi connectivity index (χ0n) is 17.0. The van der Waals surface area contributed by atoms with Gasteiger partial charge in [-0.15, -0.1) is 0 Å². The minimum Gasteiger partial charge on any atom is -0.467 e. The number of carbonyl (C=O) groups excluding carboxylic acids is 3. The van der Waals surface area contributed by atoms with Gasteiger partial charge in [-0.25, -0.2) is 4.79 Å². The predicted octanol–water partition coefficient (Wildman–Crippen LogP) is 4.07. The molecule has 0 fully saturated rings. The van der Waals surface area contributed by atoms with Gasteiger partial charge in [0.05, 0.1) is 12.8 Å². The van der Waals surface area contributed by atoms with E-state index in [4.69, 9.17) is 9.15 Å². The number of H-pyrrole nitrogens is 1. The third-order valence-electron chi connectivity index (χ3n) is 5.13. The monoisotopic (exact) mass is 398 g/mol. The molecule has 0 radical (unpaired) electrons. The van der Waals surface area contributed by atoms with E-state index in [1.807, 2.05) is 6.07 Å². The number of ketones is 1. The predicted molar refractivity (Wildman–Crippen MR) is 106 cm³/mol. The van der Waals surface area contributed by atoms with Gasteiger partial charge in [-0.3, -0.25) is 9.59 Å². The molecule has 0 saturated carbocycles. The fourth-order valence-corrected chi connectivity index (χ4v) is 3.73. The zero-order chi connectivity index (χ0) is 21.0. The first-order valence-electron chi connectivity index (χ1n) is 9.77. The molecule has 7 heteroatoms. The van der Waals surface area contributed by atoms with Crippen LogP contribution in [0.4, 0.5) is 0 Å². The maximum absolute atomic E-state index is 12.9.